The van der Waals surface area contributed by atoms with Gasteiger partial charge in [0.15, 0.2) is 0 Å². The third-order valence-corrected chi connectivity index (χ3v) is 5.56. The lowest BCUT2D eigenvalue weighted by Gasteiger charge is -2.11. The largest absolute Gasteiger partial charge is 0.354 e. The van der Waals surface area contributed by atoms with Crippen molar-refractivity contribution in [1.29, 1.82) is 0 Å². The number of aromatic amines is 1. The molecule has 0 aliphatic heterocycles. The molecule has 1 N–H and O–H groups in total. The van der Waals surface area contributed by atoms with E-state index in [1.807, 2.05) is 0 Å². The Kier molecular flexibility index (Phi) is 3.20. The van der Waals surface area contributed by atoms with Gasteiger partial charge >= 0.3 is 0 Å². The molecule has 0 unspecified atom stereocenters. The van der Waals surface area contributed by atoms with Crippen LogP contribution in [0.3, 0.4) is 0 Å². The average molecular weight is 358 g/mol. The molecule has 0 saturated heterocycles. The van der Waals surface area contributed by atoms with Crippen LogP contribution in [-0.4, -0.2) is 9.55 Å². The third kappa shape index (κ3) is 2.15. The Hall–Kier alpha value is -3.78. The minimum Gasteiger partial charge on any atom is -0.354 e. The van der Waals surface area contributed by atoms with Crippen molar-refractivity contribution in [2.75, 3.05) is 0 Å². The molecular weight excluding hydrogens is 340 g/mol. The van der Waals surface area contributed by atoms with Crippen molar-refractivity contribution < 1.29 is 0 Å². The lowest BCUT2D eigenvalue weighted by Crippen LogP contribution is -1.93. The lowest BCUT2D eigenvalue weighted by molar-refractivity contribution is 1.13. The molecule has 6 aromatic rings. The van der Waals surface area contributed by atoms with E-state index in [0.29, 0.717) is 0 Å². The van der Waals surface area contributed by atoms with Crippen LogP contribution in [0.1, 0.15) is 0 Å². The molecule has 2 heterocycles. The molecule has 2 heteroatoms. The second kappa shape index (κ2) is 5.86. The summed E-state index contributed by atoms with van der Waals surface area (Å²) in [5.74, 6) is 0. The molecule has 28 heavy (non-hydrogen) atoms. The van der Waals surface area contributed by atoms with E-state index in [-0.39, 0.29) is 0 Å². The van der Waals surface area contributed by atoms with E-state index in [0.717, 1.165) is 0 Å². The van der Waals surface area contributed by atoms with E-state index in [1.165, 1.54) is 49.5 Å². The first-order valence-corrected chi connectivity index (χ1v) is 9.55. The number of aromatic nitrogens is 2. The molecule has 0 aliphatic rings. The second-order valence-corrected chi connectivity index (χ2v) is 7.17. The molecule has 0 radical (unpaired) electrons. The summed E-state index contributed by atoms with van der Waals surface area (Å²) in [7, 11) is 0. The normalized spacial score (nSPS) is 11.6. The van der Waals surface area contributed by atoms with Gasteiger partial charge in [0.1, 0.15) is 0 Å². The molecule has 132 valence electrons. The van der Waals surface area contributed by atoms with Gasteiger partial charge < -0.3 is 9.55 Å². The van der Waals surface area contributed by atoms with Crippen LogP contribution in [0.4, 0.5) is 0 Å². The van der Waals surface area contributed by atoms with Crippen LogP contribution in [0.5, 0.6) is 0 Å². The number of benzene rings is 4. The van der Waals surface area contributed by atoms with Crippen LogP contribution in [0.2, 0.25) is 0 Å². The zero-order valence-electron chi connectivity index (χ0n) is 15.3. The van der Waals surface area contributed by atoms with Crippen molar-refractivity contribution in [2.45, 2.75) is 0 Å². The maximum Gasteiger partial charge on any atom is 0.0628 e. The smallest absolute Gasteiger partial charge is 0.0628 e. The zero-order chi connectivity index (χ0) is 18.5. The summed E-state index contributed by atoms with van der Waals surface area (Å²) in [5.41, 5.74) is 7.26. The minimum atomic E-state index is 1.17. The molecular formula is C26H18N2. The number of nitrogens with one attached hydrogen (secondary N) is 1. The molecule has 2 aromatic heterocycles. The molecule has 6 rings (SSSR count). The van der Waals surface area contributed by atoms with E-state index >= 15 is 0 Å². The summed E-state index contributed by atoms with van der Waals surface area (Å²) in [6.45, 7) is 0. The quantitative estimate of drug-likeness (QED) is 0.346. The van der Waals surface area contributed by atoms with E-state index in [9.17, 15) is 0 Å². The SMILES string of the molecule is c1ccc(-c2cc3c4ccccc4[nH]c3c3ccn(-c4ccccc4)c23)cc1. The summed E-state index contributed by atoms with van der Waals surface area (Å²) in [5, 5.41) is 3.79. The van der Waals surface area contributed by atoms with Gasteiger partial charge in [-0.2, -0.15) is 0 Å². The monoisotopic (exact) mass is 358 g/mol. The van der Waals surface area contributed by atoms with Gasteiger partial charge in [-0.05, 0) is 35.9 Å². The summed E-state index contributed by atoms with van der Waals surface area (Å²) < 4.78 is 2.29. The van der Waals surface area contributed by atoms with Gasteiger partial charge in [-0.3, -0.25) is 0 Å². The Balaban J connectivity index is 1.81. The number of hydrogen-bond acceptors (Lipinski definition) is 0. The molecule has 2 nitrogen and oxygen atoms in total. The van der Waals surface area contributed by atoms with Crippen molar-refractivity contribution in [1.82, 2.24) is 9.55 Å². The highest BCUT2D eigenvalue weighted by Crippen LogP contribution is 2.39. The molecule has 0 saturated carbocycles. The maximum absolute atomic E-state index is 3.65. The number of rotatable bonds is 2. The van der Waals surface area contributed by atoms with E-state index in [4.69, 9.17) is 0 Å². The summed E-state index contributed by atoms with van der Waals surface area (Å²) in [4.78, 5) is 3.65. The highest BCUT2D eigenvalue weighted by Gasteiger charge is 2.16. The van der Waals surface area contributed by atoms with Gasteiger partial charge in [0.25, 0.3) is 0 Å². The number of hydrogen-bond donors (Lipinski definition) is 1. The Labute approximate surface area is 162 Å². The first-order valence-electron chi connectivity index (χ1n) is 9.55. The van der Waals surface area contributed by atoms with Gasteiger partial charge in [-0.15, -0.1) is 0 Å². The van der Waals surface area contributed by atoms with Crippen molar-refractivity contribution >= 4 is 32.7 Å². The number of nitrogens with zero attached hydrogens (tertiary/aromatic N) is 1. The fourth-order valence-corrected chi connectivity index (χ4v) is 4.29. The molecule has 0 aliphatic carbocycles. The highest BCUT2D eigenvalue weighted by molar-refractivity contribution is 6.20. The predicted molar refractivity (Wildman–Crippen MR) is 118 cm³/mol. The summed E-state index contributed by atoms with van der Waals surface area (Å²) >= 11 is 0. The zero-order valence-corrected chi connectivity index (χ0v) is 15.3. The summed E-state index contributed by atoms with van der Waals surface area (Å²) in [6, 6.07) is 34.3. The van der Waals surface area contributed by atoms with Gasteiger partial charge in [-0.1, -0.05) is 66.7 Å². The van der Waals surface area contributed by atoms with E-state index < -0.39 is 0 Å². The molecule has 0 spiro atoms. The Morgan fingerprint density at radius 3 is 2.14 bits per heavy atom. The van der Waals surface area contributed by atoms with Crippen LogP contribution in [0.15, 0.2) is 103 Å². The van der Waals surface area contributed by atoms with Crippen molar-refractivity contribution in [3.05, 3.63) is 103 Å². The fourth-order valence-electron chi connectivity index (χ4n) is 4.29. The highest BCUT2D eigenvalue weighted by atomic mass is 15.0. The van der Waals surface area contributed by atoms with Gasteiger partial charge in [0.05, 0.1) is 11.0 Å². The van der Waals surface area contributed by atoms with Gasteiger partial charge in [0.2, 0.25) is 0 Å². The maximum atomic E-state index is 3.65. The topological polar surface area (TPSA) is 20.7 Å². The van der Waals surface area contributed by atoms with Crippen molar-refractivity contribution in [3.8, 4) is 16.8 Å². The second-order valence-electron chi connectivity index (χ2n) is 7.17. The molecule has 0 atom stereocenters. The van der Waals surface area contributed by atoms with Crippen LogP contribution < -0.4 is 0 Å². The molecule has 0 bridgehead atoms. The van der Waals surface area contributed by atoms with Gasteiger partial charge in [0, 0.05) is 39.1 Å². The predicted octanol–water partition coefficient (Wildman–Crippen LogP) is 6.93. The summed E-state index contributed by atoms with van der Waals surface area (Å²) in [6.07, 6.45) is 2.18. The van der Waals surface area contributed by atoms with E-state index in [2.05, 4.69) is 113 Å². The van der Waals surface area contributed by atoms with Crippen LogP contribution in [-0.2, 0) is 0 Å². The van der Waals surface area contributed by atoms with Crippen LogP contribution in [0.25, 0.3) is 49.5 Å². The Morgan fingerprint density at radius 2 is 1.32 bits per heavy atom. The first kappa shape index (κ1) is 15.3. The van der Waals surface area contributed by atoms with Crippen LogP contribution >= 0.6 is 0 Å². The number of fused-ring (bicyclic) bond motifs is 5. The van der Waals surface area contributed by atoms with Gasteiger partial charge in [-0.25, -0.2) is 0 Å². The van der Waals surface area contributed by atoms with Crippen LogP contribution in [0, 0.1) is 0 Å². The first-order chi connectivity index (χ1) is 13.9. The molecule has 4 aromatic carbocycles. The minimum absolute atomic E-state index is 1.17. The molecule has 0 amide bonds. The number of para-hydroxylation sites is 2. The fraction of sp³-hybridized carbons (Fsp3) is 0. The van der Waals surface area contributed by atoms with E-state index in [1.54, 1.807) is 0 Å². The lowest BCUT2D eigenvalue weighted by atomic mass is 9.99. The molecule has 0 fully saturated rings. The van der Waals surface area contributed by atoms with Crippen molar-refractivity contribution in [3.63, 3.8) is 0 Å². The van der Waals surface area contributed by atoms with Crippen molar-refractivity contribution in [2.24, 2.45) is 0 Å². The standard InChI is InChI=1S/C26H18N2/c1-3-9-18(10-4-1)22-17-23-20-13-7-8-14-24(20)27-25(23)21-15-16-28(26(21)22)19-11-5-2-6-12-19/h1-17,27H. The Bertz CT molecular complexity index is 1440. The number of H-pyrrole nitrogens is 1. The third-order valence-electron chi connectivity index (χ3n) is 5.56. The average Bonchev–Trinajstić information content (AvgIpc) is 3.36. The Morgan fingerprint density at radius 1 is 0.607 bits per heavy atom.